The molecule has 0 aliphatic carbocycles. The van der Waals surface area contributed by atoms with E-state index in [2.05, 4.69) is 10.6 Å². The number of furan rings is 1. The summed E-state index contributed by atoms with van der Waals surface area (Å²) in [4.78, 5) is 24.8. The molecule has 2 unspecified atom stereocenters. The topological polar surface area (TPSA) is 71.3 Å². The summed E-state index contributed by atoms with van der Waals surface area (Å²) in [6.07, 6.45) is 0.118. The van der Waals surface area contributed by atoms with E-state index in [9.17, 15) is 9.59 Å². The maximum absolute atomic E-state index is 13.1. The summed E-state index contributed by atoms with van der Waals surface area (Å²) in [6, 6.07) is 28.1. The molecule has 5 heteroatoms. The number of hydrogen-bond donors (Lipinski definition) is 2. The third kappa shape index (κ3) is 5.01. The first-order valence-corrected chi connectivity index (χ1v) is 10.2. The predicted molar refractivity (Wildman–Crippen MR) is 120 cm³/mol. The highest BCUT2D eigenvalue weighted by atomic mass is 16.3. The molecule has 2 amide bonds. The summed E-state index contributed by atoms with van der Waals surface area (Å²) in [5.41, 5.74) is 2.58. The predicted octanol–water partition coefficient (Wildman–Crippen LogP) is 4.91. The average molecular weight is 412 g/mol. The minimum Gasteiger partial charge on any atom is -0.459 e. The number of para-hydroxylation sites is 1. The van der Waals surface area contributed by atoms with Gasteiger partial charge in [-0.1, -0.05) is 78.9 Å². The van der Waals surface area contributed by atoms with Crippen molar-refractivity contribution in [3.05, 3.63) is 108 Å². The standard InChI is InChI=1S/C26H24N2O3/c1-18(29)27-22(19-10-4-2-5-11-19)17-25(30)28-26(20-12-6-3-7-13-20)24-16-21-14-8-9-15-23(21)31-24/h2-16,22,26H,17H2,1H3,(H,27,29)(H,28,30). The zero-order valence-corrected chi connectivity index (χ0v) is 17.2. The van der Waals surface area contributed by atoms with Crippen LogP contribution >= 0.6 is 0 Å². The monoisotopic (exact) mass is 412 g/mol. The van der Waals surface area contributed by atoms with Gasteiger partial charge in [0, 0.05) is 12.3 Å². The second-order valence-corrected chi connectivity index (χ2v) is 7.47. The number of carbonyl (C=O) groups is 2. The van der Waals surface area contributed by atoms with Crippen LogP contribution in [0.3, 0.4) is 0 Å². The maximum atomic E-state index is 13.1. The second-order valence-electron chi connectivity index (χ2n) is 7.47. The molecule has 1 aromatic heterocycles. The van der Waals surface area contributed by atoms with Gasteiger partial charge in [0.1, 0.15) is 17.4 Å². The molecule has 0 aliphatic rings. The summed E-state index contributed by atoms with van der Waals surface area (Å²) >= 11 is 0. The molecule has 0 fully saturated rings. The fourth-order valence-corrected chi connectivity index (χ4v) is 3.70. The Bertz CT molecular complexity index is 1140. The molecule has 0 spiro atoms. The molecule has 31 heavy (non-hydrogen) atoms. The first kappa shape index (κ1) is 20.4. The van der Waals surface area contributed by atoms with E-state index in [0.717, 1.165) is 22.1 Å². The van der Waals surface area contributed by atoms with Crippen molar-refractivity contribution in [2.75, 3.05) is 0 Å². The Morgan fingerprint density at radius 2 is 1.42 bits per heavy atom. The van der Waals surface area contributed by atoms with E-state index in [4.69, 9.17) is 4.42 Å². The van der Waals surface area contributed by atoms with Crippen molar-refractivity contribution < 1.29 is 14.0 Å². The highest BCUT2D eigenvalue weighted by Crippen LogP contribution is 2.29. The van der Waals surface area contributed by atoms with Crippen LogP contribution in [0.2, 0.25) is 0 Å². The van der Waals surface area contributed by atoms with E-state index in [-0.39, 0.29) is 18.2 Å². The van der Waals surface area contributed by atoms with Gasteiger partial charge in [0.05, 0.1) is 12.5 Å². The summed E-state index contributed by atoms with van der Waals surface area (Å²) in [5.74, 6) is 0.298. The molecule has 0 saturated heterocycles. The van der Waals surface area contributed by atoms with Crippen LogP contribution in [-0.2, 0) is 9.59 Å². The summed E-state index contributed by atoms with van der Waals surface area (Å²) < 4.78 is 6.06. The molecule has 1 heterocycles. The Kier molecular flexibility index (Phi) is 6.13. The van der Waals surface area contributed by atoms with E-state index in [0.29, 0.717) is 5.76 Å². The molecule has 4 rings (SSSR count). The number of fused-ring (bicyclic) bond motifs is 1. The summed E-state index contributed by atoms with van der Waals surface area (Å²) in [5, 5.41) is 6.96. The molecule has 156 valence electrons. The second kappa shape index (κ2) is 9.30. The Balaban J connectivity index is 1.60. The lowest BCUT2D eigenvalue weighted by atomic mass is 10.0. The smallest absolute Gasteiger partial charge is 0.223 e. The van der Waals surface area contributed by atoms with Crippen molar-refractivity contribution in [3.63, 3.8) is 0 Å². The molecule has 0 saturated carbocycles. The number of nitrogens with one attached hydrogen (secondary N) is 2. The number of rotatable bonds is 7. The van der Waals surface area contributed by atoms with E-state index in [1.165, 1.54) is 6.92 Å². The number of benzene rings is 3. The minimum atomic E-state index is -0.435. The van der Waals surface area contributed by atoms with Crippen molar-refractivity contribution in [1.82, 2.24) is 10.6 Å². The maximum Gasteiger partial charge on any atom is 0.223 e. The van der Waals surface area contributed by atoms with E-state index in [1.807, 2.05) is 91.0 Å². The normalized spacial score (nSPS) is 12.8. The average Bonchev–Trinajstić information content (AvgIpc) is 3.22. The van der Waals surface area contributed by atoms with Gasteiger partial charge < -0.3 is 15.1 Å². The molecule has 4 aromatic rings. The van der Waals surface area contributed by atoms with Crippen LogP contribution in [0.5, 0.6) is 0 Å². The molecule has 0 radical (unpaired) electrons. The van der Waals surface area contributed by atoms with Crippen molar-refractivity contribution in [3.8, 4) is 0 Å². The first-order valence-electron chi connectivity index (χ1n) is 10.2. The summed E-state index contributed by atoms with van der Waals surface area (Å²) in [7, 11) is 0. The van der Waals surface area contributed by atoms with Crippen molar-refractivity contribution >= 4 is 22.8 Å². The van der Waals surface area contributed by atoms with Crippen molar-refractivity contribution in [2.24, 2.45) is 0 Å². The van der Waals surface area contributed by atoms with Gasteiger partial charge in [0.15, 0.2) is 0 Å². The van der Waals surface area contributed by atoms with Crippen LogP contribution in [-0.4, -0.2) is 11.8 Å². The number of amides is 2. The van der Waals surface area contributed by atoms with Crippen LogP contribution in [0.15, 0.2) is 95.4 Å². The van der Waals surface area contributed by atoms with Crippen LogP contribution in [0.25, 0.3) is 11.0 Å². The Morgan fingerprint density at radius 1 is 0.806 bits per heavy atom. The van der Waals surface area contributed by atoms with E-state index in [1.54, 1.807) is 0 Å². The van der Waals surface area contributed by atoms with Gasteiger partial charge >= 0.3 is 0 Å². The Labute approximate surface area is 181 Å². The fraction of sp³-hybridized carbons (Fsp3) is 0.154. The van der Waals surface area contributed by atoms with E-state index < -0.39 is 12.1 Å². The van der Waals surface area contributed by atoms with Crippen LogP contribution in [0.1, 0.15) is 42.3 Å². The number of carbonyl (C=O) groups excluding carboxylic acids is 2. The first-order chi connectivity index (χ1) is 15.1. The van der Waals surface area contributed by atoms with Gasteiger partial charge in [-0.15, -0.1) is 0 Å². The Hall–Kier alpha value is -3.86. The van der Waals surface area contributed by atoms with Gasteiger partial charge in [0.2, 0.25) is 11.8 Å². The minimum absolute atomic E-state index is 0.118. The molecule has 0 aliphatic heterocycles. The lowest BCUT2D eigenvalue weighted by Crippen LogP contribution is -2.34. The van der Waals surface area contributed by atoms with Gasteiger partial charge in [-0.05, 0) is 23.3 Å². The molecule has 2 N–H and O–H groups in total. The van der Waals surface area contributed by atoms with Gasteiger partial charge in [-0.2, -0.15) is 0 Å². The lowest BCUT2D eigenvalue weighted by molar-refractivity contribution is -0.123. The molecule has 0 bridgehead atoms. The van der Waals surface area contributed by atoms with Crippen molar-refractivity contribution in [2.45, 2.75) is 25.4 Å². The molecule has 3 aromatic carbocycles. The molecule has 2 atom stereocenters. The van der Waals surface area contributed by atoms with Gasteiger partial charge in [0.25, 0.3) is 0 Å². The lowest BCUT2D eigenvalue weighted by Gasteiger charge is -2.21. The Morgan fingerprint density at radius 3 is 2.06 bits per heavy atom. The zero-order valence-electron chi connectivity index (χ0n) is 17.2. The quantitative estimate of drug-likeness (QED) is 0.453. The zero-order chi connectivity index (χ0) is 21.6. The SMILES string of the molecule is CC(=O)NC(CC(=O)NC(c1ccccc1)c1cc2ccccc2o1)c1ccccc1. The molecule has 5 nitrogen and oxygen atoms in total. The van der Waals surface area contributed by atoms with Crippen LogP contribution in [0, 0.1) is 0 Å². The van der Waals surface area contributed by atoms with Crippen LogP contribution in [0.4, 0.5) is 0 Å². The van der Waals surface area contributed by atoms with Crippen molar-refractivity contribution in [1.29, 1.82) is 0 Å². The fourth-order valence-electron chi connectivity index (χ4n) is 3.70. The molecular weight excluding hydrogens is 388 g/mol. The van der Waals surface area contributed by atoms with E-state index >= 15 is 0 Å². The molecular formula is C26H24N2O3. The third-order valence-electron chi connectivity index (χ3n) is 5.14. The largest absolute Gasteiger partial charge is 0.459 e. The van der Waals surface area contributed by atoms with Crippen LogP contribution < -0.4 is 10.6 Å². The highest BCUT2D eigenvalue weighted by Gasteiger charge is 2.23. The van der Waals surface area contributed by atoms with Gasteiger partial charge in [-0.3, -0.25) is 9.59 Å². The third-order valence-corrected chi connectivity index (χ3v) is 5.14. The highest BCUT2D eigenvalue weighted by molar-refractivity contribution is 5.81. The summed E-state index contributed by atoms with van der Waals surface area (Å²) in [6.45, 7) is 1.45. The van der Waals surface area contributed by atoms with Gasteiger partial charge in [-0.25, -0.2) is 0 Å². The number of hydrogen-bond acceptors (Lipinski definition) is 3.